The molecule has 0 saturated carbocycles. The van der Waals surface area contributed by atoms with Crippen LogP contribution in [-0.2, 0) is 0 Å². The first-order valence-corrected chi connectivity index (χ1v) is 4.70. The first kappa shape index (κ1) is 11.5. The van der Waals surface area contributed by atoms with E-state index in [2.05, 4.69) is 29.2 Å². The number of aromatic nitrogens is 2. The van der Waals surface area contributed by atoms with Crippen molar-refractivity contribution in [3.8, 4) is 5.75 Å². The van der Waals surface area contributed by atoms with Crippen LogP contribution in [0.25, 0.3) is 0 Å². The molecule has 6 heteroatoms. The van der Waals surface area contributed by atoms with Gasteiger partial charge in [-0.1, -0.05) is 0 Å². The van der Waals surface area contributed by atoms with Gasteiger partial charge in [-0.25, -0.2) is 15.8 Å². The molecule has 1 aromatic heterocycles. The molecule has 0 spiro atoms. The second kappa shape index (κ2) is 4.79. The zero-order valence-corrected chi connectivity index (χ0v) is 9.48. The maximum Gasteiger partial charge on any atom is 0.205 e. The Morgan fingerprint density at radius 1 is 1.47 bits per heavy atom. The standard InChI is InChI=1S/C9H17N5O/c1-6(2)14(3)9-7(15-4)8(13-10)11-5-12-9/h5-6H,10H2,1-4H3,(H,11,12,13). The predicted octanol–water partition coefficient (Wildman–Crippen LogP) is 0.615. The largest absolute Gasteiger partial charge is 0.490 e. The quantitative estimate of drug-likeness (QED) is 0.561. The van der Waals surface area contributed by atoms with Crippen molar-refractivity contribution in [2.75, 3.05) is 24.5 Å². The molecule has 1 rings (SSSR count). The van der Waals surface area contributed by atoms with E-state index >= 15 is 0 Å². The van der Waals surface area contributed by atoms with Gasteiger partial charge in [-0.2, -0.15) is 0 Å². The average Bonchev–Trinajstić information content (AvgIpc) is 2.26. The van der Waals surface area contributed by atoms with E-state index in [1.165, 1.54) is 6.33 Å². The van der Waals surface area contributed by atoms with E-state index in [0.717, 1.165) is 5.82 Å². The highest BCUT2D eigenvalue weighted by Gasteiger charge is 2.16. The number of nitrogens with two attached hydrogens (primary N) is 1. The van der Waals surface area contributed by atoms with Crippen molar-refractivity contribution in [3.63, 3.8) is 0 Å². The van der Waals surface area contributed by atoms with Crippen LogP contribution >= 0.6 is 0 Å². The molecule has 1 heterocycles. The Kier molecular flexibility index (Phi) is 3.68. The molecule has 0 aliphatic carbocycles. The number of nitrogens with one attached hydrogen (secondary N) is 1. The summed E-state index contributed by atoms with van der Waals surface area (Å²) in [6.07, 6.45) is 1.45. The normalized spacial score (nSPS) is 10.3. The number of hydrogen-bond acceptors (Lipinski definition) is 6. The van der Waals surface area contributed by atoms with Gasteiger partial charge in [-0.15, -0.1) is 0 Å². The fourth-order valence-corrected chi connectivity index (χ4v) is 1.15. The van der Waals surface area contributed by atoms with Gasteiger partial charge in [0, 0.05) is 13.1 Å². The van der Waals surface area contributed by atoms with Crippen molar-refractivity contribution in [3.05, 3.63) is 6.33 Å². The molecule has 6 nitrogen and oxygen atoms in total. The molecule has 3 N–H and O–H groups in total. The van der Waals surface area contributed by atoms with Crippen LogP contribution in [0.5, 0.6) is 5.75 Å². The minimum absolute atomic E-state index is 0.319. The summed E-state index contributed by atoms with van der Waals surface area (Å²) < 4.78 is 5.23. The zero-order valence-electron chi connectivity index (χ0n) is 9.48. The van der Waals surface area contributed by atoms with Crippen molar-refractivity contribution in [1.82, 2.24) is 9.97 Å². The topological polar surface area (TPSA) is 76.3 Å². The Morgan fingerprint density at radius 2 is 2.13 bits per heavy atom. The van der Waals surface area contributed by atoms with E-state index in [1.807, 2.05) is 11.9 Å². The fourth-order valence-electron chi connectivity index (χ4n) is 1.15. The Labute approximate surface area is 89.4 Å². The first-order chi connectivity index (χ1) is 7.11. The number of nitrogens with zero attached hydrogens (tertiary/aromatic N) is 3. The van der Waals surface area contributed by atoms with E-state index in [-0.39, 0.29) is 0 Å². The lowest BCUT2D eigenvalue weighted by molar-refractivity contribution is 0.412. The van der Waals surface area contributed by atoms with Crippen molar-refractivity contribution >= 4 is 11.6 Å². The van der Waals surface area contributed by atoms with E-state index in [1.54, 1.807) is 7.11 Å². The van der Waals surface area contributed by atoms with E-state index in [9.17, 15) is 0 Å². The van der Waals surface area contributed by atoms with Crippen molar-refractivity contribution < 1.29 is 4.74 Å². The third-order valence-corrected chi connectivity index (χ3v) is 2.23. The van der Waals surface area contributed by atoms with Gasteiger partial charge in [0.05, 0.1) is 7.11 Å². The monoisotopic (exact) mass is 211 g/mol. The maximum absolute atomic E-state index is 5.33. The number of ether oxygens (including phenoxy) is 1. The smallest absolute Gasteiger partial charge is 0.205 e. The van der Waals surface area contributed by atoms with Crippen LogP contribution in [0, 0.1) is 0 Å². The van der Waals surface area contributed by atoms with Crippen LogP contribution in [0.2, 0.25) is 0 Å². The lowest BCUT2D eigenvalue weighted by Crippen LogP contribution is -2.27. The summed E-state index contributed by atoms with van der Waals surface area (Å²) in [5.41, 5.74) is 2.48. The Morgan fingerprint density at radius 3 is 2.60 bits per heavy atom. The molecule has 15 heavy (non-hydrogen) atoms. The number of nitrogen functional groups attached to an aromatic ring is 1. The molecule has 0 radical (unpaired) electrons. The second-order valence-corrected chi connectivity index (χ2v) is 3.43. The molecular weight excluding hydrogens is 194 g/mol. The van der Waals surface area contributed by atoms with Crippen LogP contribution in [0.3, 0.4) is 0 Å². The molecule has 84 valence electrons. The molecule has 0 bridgehead atoms. The summed E-state index contributed by atoms with van der Waals surface area (Å²) >= 11 is 0. The second-order valence-electron chi connectivity index (χ2n) is 3.43. The van der Waals surface area contributed by atoms with Gasteiger partial charge >= 0.3 is 0 Å². The van der Waals surface area contributed by atoms with Gasteiger partial charge in [0.1, 0.15) is 6.33 Å². The molecule has 1 aromatic rings. The minimum Gasteiger partial charge on any atom is -0.490 e. The van der Waals surface area contributed by atoms with Gasteiger partial charge < -0.3 is 15.1 Å². The van der Waals surface area contributed by atoms with Crippen molar-refractivity contribution in [1.29, 1.82) is 0 Å². The molecule has 0 aromatic carbocycles. The summed E-state index contributed by atoms with van der Waals surface area (Å²) in [6.45, 7) is 4.13. The van der Waals surface area contributed by atoms with Gasteiger partial charge in [0.15, 0.2) is 11.6 Å². The van der Waals surface area contributed by atoms with Crippen LogP contribution in [0.1, 0.15) is 13.8 Å². The predicted molar refractivity (Wildman–Crippen MR) is 59.9 cm³/mol. The summed E-state index contributed by atoms with van der Waals surface area (Å²) in [4.78, 5) is 10.1. The first-order valence-electron chi connectivity index (χ1n) is 4.70. The number of hydrogen-bond donors (Lipinski definition) is 2. The Balaban J connectivity index is 3.16. The van der Waals surface area contributed by atoms with Gasteiger partial charge in [-0.05, 0) is 13.8 Å². The van der Waals surface area contributed by atoms with Gasteiger partial charge in [-0.3, -0.25) is 0 Å². The number of rotatable bonds is 4. The highest BCUT2D eigenvalue weighted by molar-refractivity contribution is 5.64. The minimum atomic E-state index is 0.319. The van der Waals surface area contributed by atoms with Crippen LogP contribution in [0.15, 0.2) is 6.33 Å². The fraction of sp³-hybridized carbons (Fsp3) is 0.556. The number of methoxy groups -OCH3 is 1. The van der Waals surface area contributed by atoms with Crippen molar-refractivity contribution in [2.24, 2.45) is 5.84 Å². The Hall–Kier alpha value is -1.56. The molecule has 0 unspecified atom stereocenters. The van der Waals surface area contributed by atoms with E-state index in [4.69, 9.17) is 10.6 Å². The van der Waals surface area contributed by atoms with Crippen molar-refractivity contribution in [2.45, 2.75) is 19.9 Å². The summed E-state index contributed by atoms with van der Waals surface area (Å²) in [5.74, 6) is 7.08. The van der Waals surface area contributed by atoms with Gasteiger partial charge in [0.2, 0.25) is 5.75 Å². The Bertz CT molecular complexity index is 328. The molecule has 0 aliphatic heterocycles. The maximum atomic E-state index is 5.33. The van der Waals surface area contributed by atoms with Gasteiger partial charge in [0.25, 0.3) is 0 Å². The summed E-state index contributed by atoms with van der Waals surface area (Å²) in [6, 6.07) is 0.319. The number of hydrazine groups is 1. The number of anilines is 2. The molecule has 0 saturated heterocycles. The summed E-state index contributed by atoms with van der Waals surface area (Å²) in [7, 11) is 3.51. The van der Waals surface area contributed by atoms with Crippen LogP contribution < -0.4 is 20.9 Å². The van der Waals surface area contributed by atoms with Crippen LogP contribution in [-0.4, -0.2) is 30.2 Å². The molecule has 0 fully saturated rings. The SMILES string of the molecule is COc1c(NN)ncnc1N(C)C(C)C. The summed E-state index contributed by atoms with van der Waals surface area (Å²) in [5, 5.41) is 0. The third kappa shape index (κ3) is 2.27. The zero-order chi connectivity index (χ0) is 11.4. The highest BCUT2D eigenvalue weighted by Crippen LogP contribution is 2.31. The molecule has 0 amide bonds. The average molecular weight is 211 g/mol. The lowest BCUT2D eigenvalue weighted by Gasteiger charge is -2.24. The van der Waals surface area contributed by atoms with E-state index in [0.29, 0.717) is 17.6 Å². The molecular formula is C9H17N5O. The highest BCUT2D eigenvalue weighted by atomic mass is 16.5. The third-order valence-electron chi connectivity index (χ3n) is 2.23. The lowest BCUT2D eigenvalue weighted by atomic mass is 10.3. The van der Waals surface area contributed by atoms with Crippen LogP contribution in [0.4, 0.5) is 11.6 Å². The molecule has 0 atom stereocenters. The van der Waals surface area contributed by atoms with E-state index < -0.39 is 0 Å². The molecule has 0 aliphatic rings.